The lowest BCUT2D eigenvalue weighted by molar-refractivity contribution is -0.149. The zero-order valence-corrected chi connectivity index (χ0v) is 8.00. The molecule has 2 saturated carbocycles. The summed E-state index contributed by atoms with van der Waals surface area (Å²) in [6.45, 7) is 1.88. The van der Waals surface area contributed by atoms with Gasteiger partial charge in [-0.05, 0) is 18.8 Å². The highest BCUT2D eigenvalue weighted by atomic mass is 16.5. The fourth-order valence-electron chi connectivity index (χ4n) is 3.23. The number of carbonyl (C=O) groups excluding carboxylic acids is 2. The van der Waals surface area contributed by atoms with E-state index in [0.29, 0.717) is 0 Å². The molecule has 0 amide bonds. The molecule has 0 bridgehead atoms. The smallest absolute Gasteiger partial charge is 0.313 e. The fraction of sp³-hybridized carbons (Fsp3) is 0.800. The molecule has 0 aromatic rings. The van der Waals surface area contributed by atoms with Gasteiger partial charge in [-0.25, -0.2) is 0 Å². The average molecular weight is 182 g/mol. The molecule has 2 aliphatic rings. The SMILES string of the molecule is COC(=O)C12CCCC1C2(C)C=O. The minimum absolute atomic E-state index is 0.190. The van der Waals surface area contributed by atoms with Crippen molar-refractivity contribution in [1.29, 1.82) is 0 Å². The van der Waals surface area contributed by atoms with Crippen molar-refractivity contribution in [2.24, 2.45) is 16.7 Å². The first-order valence-electron chi connectivity index (χ1n) is 4.68. The third-order valence-corrected chi connectivity index (χ3v) is 4.06. The third kappa shape index (κ3) is 0.713. The molecule has 3 heteroatoms. The van der Waals surface area contributed by atoms with Gasteiger partial charge >= 0.3 is 5.97 Å². The van der Waals surface area contributed by atoms with Gasteiger partial charge in [-0.15, -0.1) is 0 Å². The largest absolute Gasteiger partial charge is 0.469 e. The molecule has 0 aromatic heterocycles. The predicted molar refractivity (Wildman–Crippen MR) is 46.0 cm³/mol. The van der Waals surface area contributed by atoms with Crippen molar-refractivity contribution in [3.8, 4) is 0 Å². The van der Waals surface area contributed by atoms with Gasteiger partial charge in [-0.2, -0.15) is 0 Å². The molecule has 2 fully saturated rings. The number of hydrogen-bond acceptors (Lipinski definition) is 3. The second-order valence-corrected chi connectivity index (χ2v) is 4.31. The second kappa shape index (κ2) is 2.34. The van der Waals surface area contributed by atoms with Crippen LogP contribution in [0.4, 0.5) is 0 Å². The van der Waals surface area contributed by atoms with E-state index in [1.807, 2.05) is 6.92 Å². The van der Waals surface area contributed by atoms with E-state index in [1.165, 1.54) is 7.11 Å². The molecule has 2 aliphatic carbocycles. The molecule has 0 aromatic carbocycles. The zero-order chi connectivity index (χ0) is 9.69. The molecule has 72 valence electrons. The van der Waals surface area contributed by atoms with Gasteiger partial charge in [0.05, 0.1) is 12.5 Å². The molecule has 0 radical (unpaired) electrons. The summed E-state index contributed by atoms with van der Waals surface area (Å²) in [5.74, 6) is 0.0505. The summed E-state index contributed by atoms with van der Waals surface area (Å²) in [7, 11) is 1.40. The molecule has 0 aliphatic heterocycles. The van der Waals surface area contributed by atoms with Crippen LogP contribution >= 0.6 is 0 Å². The molecule has 2 rings (SSSR count). The van der Waals surface area contributed by atoms with E-state index in [0.717, 1.165) is 25.5 Å². The molecule has 13 heavy (non-hydrogen) atoms. The van der Waals surface area contributed by atoms with Crippen molar-refractivity contribution in [2.45, 2.75) is 26.2 Å². The summed E-state index contributed by atoms with van der Waals surface area (Å²) in [6.07, 6.45) is 3.79. The summed E-state index contributed by atoms with van der Waals surface area (Å²) in [5.41, 5.74) is -0.887. The number of rotatable bonds is 2. The van der Waals surface area contributed by atoms with Gasteiger partial charge in [0, 0.05) is 5.41 Å². The molecule has 3 nitrogen and oxygen atoms in total. The van der Waals surface area contributed by atoms with Crippen LogP contribution in [0.15, 0.2) is 0 Å². The molecular formula is C10H14O3. The highest BCUT2D eigenvalue weighted by molar-refractivity contribution is 5.90. The Morgan fingerprint density at radius 2 is 2.31 bits per heavy atom. The standard InChI is InChI=1S/C10H14O3/c1-9(6-11)7-4-3-5-10(7,9)8(12)13-2/h6-7H,3-5H2,1-2H3. The molecule has 0 heterocycles. The van der Waals surface area contributed by atoms with Crippen LogP contribution in [-0.4, -0.2) is 19.4 Å². The summed E-state index contributed by atoms with van der Waals surface area (Å²) in [4.78, 5) is 22.5. The molecule has 3 unspecified atom stereocenters. The fourth-order valence-corrected chi connectivity index (χ4v) is 3.23. The molecule has 0 spiro atoms. The monoisotopic (exact) mass is 182 g/mol. The second-order valence-electron chi connectivity index (χ2n) is 4.31. The number of aldehydes is 1. The summed E-state index contributed by atoms with van der Waals surface area (Å²) in [6, 6.07) is 0. The van der Waals surface area contributed by atoms with E-state index >= 15 is 0 Å². The van der Waals surface area contributed by atoms with E-state index in [9.17, 15) is 9.59 Å². The van der Waals surface area contributed by atoms with Crippen LogP contribution < -0.4 is 0 Å². The van der Waals surface area contributed by atoms with Gasteiger partial charge in [0.15, 0.2) is 0 Å². The minimum atomic E-state index is -0.455. The molecular weight excluding hydrogens is 168 g/mol. The van der Waals surface area contributed by atoms with Crippen molar-refractivity contribution in [1.82, 2.24) is 0 Å². The predicted octanol–water partition coefficient (Wildman–Crippen LogP) is 1.16. The van der Waals surface area contributed by atoms with E-state index in [4.69, 9.17) is 4.74 Å². The van der Waals surface area contributed by atoms with Gasteiger partial charge in [0.2, 0.25) is 0 Å². The van der Waals surface area contributed by atoms with Crippen LogP contribution in [0.25, 0.3) is 0 Å². The van der Waals surface area contributed by atoms with Crippen LogP contribution in [0, 0.1) is 16.7 Å². The number of fused-ring (bicyclic) bond motifs is 1. The van der Waals surface area contributed by atoms with E-state index in [-0.39, 0.29) is 11.9 Å². The number of carbonyl (C=O) groups is 2. The van der Waals surface area contributed by atoms with Crippen molar-refractivity contribution in [2.75, 3.05) is 7.11 Å². The Morgan fingerprint density at radius 1 is 1.62 bits per heavy atom. The molecule has 0 N–H and O–H groups in total. The van der Waals surface area contributed by atoms with Gasteiger partial charge in [-0.1, -0.05) is 13.3 Å². The van der Waals surface area contributed by atoms with E-state index in [2.05, 4.69) is 0 Å². The van der Waals surface area contributed by atoms with Crippen molar-refractivity contribution >= 4 is 12.3 Å². The van der Waals surface area contributed by atoms with Crippen LogP contribution in [-0.2, 0) is 14.3 Å². The van der Waals surface area contributed by atoms with Crippen LogP contribution in [0.3, 0.4) is 0 Å². The Balaban J connectivity index is 2.32. The van der Waals surface area contributed by atoms with E-state index < -0.39 is 10.8 Å². The van der Waals surface area contributed by atoms with Crippen molar-refractivity contribution in [3.05, 3.63) is 0 Å². The van der Waals surface area contributed by atoms with Crippen molar-refractivity contribution < 1.29 is 14.3 Å². The lowest BCUT2D eigenvalue weighted by Gasteiger charge is -2.14. The normalized spacial score (nSPS) is 46.8. The van der Waals surface area contributed by atoms with Crippen molar-refractivity contribution in [3.63, 3.8) is 0 Å². The Hall–Kier alpha value is -0.860. The highest BCUT2D eigenvalue weighted by Crippen LogP contribution is 2.76. The maximum Gasteiger partial charge on any atom is 0.313 e. The van der Waals surface area contributed by atoms with E-state index in [1.54, 1.807) is 0 Å². The summed E-state index contributed by atoms with van der Waals surface area (Å²) >= 11 is 0. The topological polar surface area (TPSA) is 43.4 Å². The third-order valence-electron chi connectivity index (χ3n) is 4.06. The summed E-state index contributed by atoms with van der Waals surface area (Å²) in [5, 5.41) is 0. The minimum Gasteiger partial charge on any atom is -0.469 e. The maximum absolute atomic E-state index is 11.6. The number of ether oxygens (including phenoxy) is 1. The Morgan fingerprint density at radius 3 is 2.77 bits per heavy atom. The van der Waals surface area contributed by atoms with Gasteiger partial charge in [-0.3, -0.25) is 4.79 Å². The van der Waals surface area contributed by atoms with Crippen LogP contribution in [0.5, 0.6) is 0 Å². The van der Waals surface area contributed by atoms with Gasteiger partial charge < -0.3 is 9.53 Å². The van der Waals surface area contributed by atoms with Gasteiger partial charge in [0.25, 0.3) is 0 Å². The number of esters is 1. The Kier molecular flexibility index (Phi) is 1.57. The first-order chi connectivity index (χ1) is 6.13. The summed E-state index contributed by atoms with van der Waals surface area (Å²) < 4.78 is 4.78. The maximum atomic E-state index is 11.6. The molecule has 0 saturated heterocycles. The quantitative estimate of drug-likeness (QED) is 0.475. The first-order valence-corrected chi connectivity index (χ1v) is 4.68. The lowest BCUT2D eigenvalue weighted by Crippen LogP contribution is -2.24. The van der Waals surface area contributed by atoms with Crippen LogP contribution in [0.1, 0.15) is 26.2 Å². The Bertz CT molecular complexity index is 273. The molecule has 3 atom stereocenters. The Labute approximate surface area is 77.4 Å². The highest BCUT2D eigenvalue weighted by Gasteiger charge is 2.80. The first kappa shape index (κ1) is 8.73. The number of methoxy groups -OCH3 is 1. The van der Waals surface area contributed by atoms with Crippen LogP contribution in [0.2, 0.25) is 0 Å². The lowest BCUT2D eigenvalue weighted by atomic mass is 9.91. The number of hydrogen-bond donors (Lipinski definition) is 0. The van der Waals surface area contributed by atoms with Gasteiger partial charge in [0.1, 0.15) is 6.29 Å². The zero-order valence-electron chi connectivity index (χ0n) is 8.00. The average Bonchev–Trinajstić information content (AvgIpc) is 2.56.